The van der Waals surface area contributed by atoms with Gasteiger partial charge in [0, 0.05) is 31.3 Å². The average Bonchev–Trinajstić information content (AvgIpc) is 3.00. The summed E-state index contributed by atoms with van der Waals surface area (Å²) >= 11 is 0. The standard InChI is InChI=1S/C24H19NS/c1-18-16-23-24(25-17-18)21-14-8-9-15-22(21)26(23,19-10-4-2-5-11-19)20-12-6-3-7-13-20/h2-17H,1H3. The molecule has 1 aliphatic heterocycles. The average molecular weight is 353 g/mol. The molecule has 5 rings (SSSR count). The van der Waals surface area contributed by atoms with Crippen LogP contribution in [0.25, 0.3) is 11.3 Å². The van der Waals surface area contributed by atoms with Crippen molar-refractivity contribution < 1.29 is 0 Å². The van der Waals surface area contributed by atoms with Gasteiger partial charge in [0.1, 0.15) is 0 Å². The molecule has 2 heterocycles. The predicted octanol–water partition coefficient (Wildman–Crippen LogP) is 6.71. The molecule has 0 aliphatic carbocycles. The molecule has 1 nitrogen and oxygen atoms in total. The molecule has 1 aliphatic rings. The van der Waals surface area contributed by atoms with Crippen LogP contribution in [0.3, 0.4) is 0 Å². The van der Waals surface area contributed by atoms with E-state index in [1.54, 1.807) is 0 Å². The van der Waals surface area contributed by atoms with Crippen LogP contribution in [0.1, 0.15) is 5.56 Å². The fourth-order valence-electron chi connectivity index (χ4n) is 3.92. The Bertz CT molecular complexity index is 1050. The second-order valence-corrected chi connectivity index (χ2v) is 9.64. The second-order valence-electron chi connectivity index (χ2n) is 6.59. The molecule has 0 unspecified atom stereocenters. The van der Waals surface area contributed by atoms with Crippen LogP contribution in [0.2, 0.25) is 0 Å². The minimum atomic E-state index is -1.52. The molecule has 126 valence electrons. The van der Waals surface area contributed by atoms with Gasteiger partial charge in [-0.15, -0.1) is 10.0 Å². The topological polar surface area (TPSA) is 12.9 Å². The van der Waals surface area contributed by atoms with Gasteiger partial charge in [-0.3, -0.25) is 4.98 Å². The van der Waals surface area contributed by atoms with Crippen LogP contribution in [0, 0.1) is 6.92 Å². The fourth-order valence-corrected chi connectivity index (χ4v) is 8.17. The Morgan fingerprint density at radius 1 is 0.654 bits per heavy atom. The van der Waals surface area contributed by atoms with E-state index in [2.05, 4.69) is 97.9 Å². The maximum Gasteiger partial charge on any atom is 0.0843 e. The van der Waals surface area contributed by atoms with Gasteiger partial charge in [-0.2, -0.15) is 0 Å². The van der Waals surface area contributed by atoms with E-state index in [1.807, 2.05) is 6.20 Å². The number of rotatable bonds is 2. The molecular formula is C24H19NS. The minimum Gasteiger partial charge on any atom is -0.255 e. The van der Waals surface area contributed by atoms with Crippen LogP contribution < -0.4 is 0 Å². The summed E-state index contributed by atoms with van der Waals surface area (Å²) in [6.07, 6.45) is 1.99. The maximum atomic E-state index is 4.87. The van der Waals surface area contributed by atoms with Gasteiger partial charge in [-0.05, 0) is 48.9 Å². The Morgan fingerprint density at radius 2 is 1.23 bits per heavy atom. The third kappa shape index (κ3) is 2.03. The molecule has 0 fully saturated rings. The summed E-state index contributed by atoms with van der Waals surface area (Å²) in [6.45, 7) is 2.14. The van der Waals surface area contributed by atoms with E-state index >= 15 is 0 Å². The number of hydrogen-bond acceptors (Lipinski definition) is 1. The van der Waals surface area contributed by atoms with Crippen molar-refractivity contribution in [1.29, 1.82) is 0 Å². The van der Waals surface area contributed by atoms with E-state index in [-0.39, 0.29) is 0 Å². The van der Waals surface area contributed by atoms with Crippen molar-refractivity contribution >= 4 is 10.0 Å². The highest BCUT2D eigenvalue weighted by Gasteiger charge is 2.42. The highest BCUT2D eigenvalue weighted by Crippen LogP contribution is 2.79. The first-order valence-corrected chi connectivity index (χ1v) is 10.4. The summed E-state index contributed by atoms with van der Waals surface area (Å²) in [5.41, 5.74) is 3.61. The molecule has 3 aromatic carbocycles. The molecule has 0 radical (unpaired) electrons. The molecule has 0 saturated carbocycles. The zero-order chi connectivity index (χ0) is 17.6. The van der Waals surface area contributed by atoms with E-state index in [0.29, 0.717) is 0 Å². The third-order valence-corrected chi connectivity index (χ3v) is 8.93. The molecule has 2 heteroatoms. The largest absolute Gasteiger partial charge is 0.255 e. The van der Waals surface area contributed by atoms with Gasteiger partial charge in [0.2, 0.25) is 0 Å². The lowest BCUT2D eigenvalue weighted by molar-refractivity contribution is 1.19. The predicted molar refractivity (Wildman–Crippen MR) is 108 cm³/mol. The van der Waals surface area contributed by atoms with Crippen LogP contribution in [0.4, 0.5) is 0 Å². The van der Waals surface area contributed by atoms with Crippen LogP contribution in [0.15, 0.2) is 117 Å². The van der Waals surface area contributed by atoms with Gasteiger partial charge in [0.15, 0.2) is 0 Å². The van der Waals surface area contributed by atoms with Crippen molar-refractivity contribution in [1.82, 2.24) is 4.98 Å². The number of hydrogen-bond donors (Lipinski definition) is 0. The summed E-state index contributed by atoms with van der Waals surface area (Å²) < 4.78 is 0. The number of fused-ring (bicyclic) bond motifs is 3. The third-order valence-electron chi connectivity index (χ3n) is 4.98. The van der Waals surface area contributed by atoms with Gasteiger partial charge >= 0.3 is 0 Å². The van der Waals surface area contributed by atoms with Gasteiger partial charge in [-0.25, -0.2) is 0 Å². The Hall–Kier alpha value is -2.84. The smallest absolute Gasteiger partial charge is 0.0843 e. The summed E-state index contributed by atoms with van der Waals surface area (Å²) in [4.78, 5) is 10.3. The lowest BCUT2D eigenvalue weighted by Crippen LogP contribution is -2.02. The second kappa shape index (κ2) is 5.86. The minimum absolute atomic E-state index is 1.13. The zero-order valence-electron chi connectivity index (χ0n) is 14.6. The first kappa shape index (κ1) is 15.4. The number of aromatic nitrogens is 1. The molecule has 0 amide bonds. The summed E-state index contributed by atoms with van der Waals surface area (Å²) in [6, 6.07) is 33.0. The summed E-state index contributed by atoms with van der Waals surface area (Å²) in [7, 11) is -1.52. The zero-order valence-corrected chi connectivity index (χ0v) is 15.4. The number of aryl methyl sites for hydroxylation is 1. The van der Waals surface area contributed by atoms with E-state index < -0.39 is 10.0 Å². The van der Waals surface area contributed by atoms with Crippen molar-refractivity contribution in [3.05, 3.63) is 103 Å². The molecule has 0 saturated heterocycles. The van der Waals surface area contributed by atoms with Crippen LogP contribution >= 0.6 is 10.0 Å². The van der Waals surface area contributed by atoms with Crippen LogP contribution in [0.5, 0.6) is 0 Å². The molecule has 26 heavy (non-hydrogen) atoms. The number of benzene rings is 3. The fraction of sp³-hybridized carbons (Fsp3) is 0.0417. The van der Waals surface area contributed by atoms with Crippen molar-refractivity contribution in [3.8, 4) is 11.3 Å². The molecule has 0 N–H and O–H groups in total. The monoisotopic (exact) mass is 353 g/mol. The van der Waals surface area contributed by atoms with Crippen molar-refractivity contribution in [3.63, 3.8) is 0 Å². The highest BCUT2D eigenvalue weighted by molar-refractivity contribution is 8.34. The van der Waals surface area contributed by atoms with Gasteiger partial charge in [-0.1, -0.05) is 54.6 Å². The molecule has 0 atom stereocenters. The SMILES string of the molecule is Cc1cnc2c(c1)S(c1ccccc1)(c1ccccc1)c1ccccc1-2. The van der Waals surface area contributed by atoms with Crippen LogP contribution in [-0.2, 0) is 0 Å². The Labute approximate surface area is 155 Å². The first-order chi connectivity index (χ1) is 12.8. The number of pyridine rings is 1. The van der Waals surface area contributed by atoms with E-state index in [9.17, 15) is 0 Å². The van der Waals surface area contributed by atoms with Gasteiger partial charge < -0.3 is 0 Å². The van der Waals surface area contributed by atoms with E-state index in [1.165, 1.54) is 30.7 Å². The van der Waals surface area contributed by atoms with Gasteiger partial charge in [0.25, 0.3) is 0 Å². The highest BCUT2D eigenvalue weighted by atomic mass is 32.3. The first-order valence-electron chi connectivity index (χ1n) is 8.81. The summed E-state index contributed by atoms with van der Waals surface area (Å²) in [5.74, 6) is 0. The van der Waals surface area contributed by atoms with E-state index in [4.69, 9.17) is 4.98 Å². The van der Waals surface area contributed by atoms with E-state index in [0.717, 1.165) is 5.69 Å². The normalized spacial score (nSPS) is 15.1. The molecule has 0 spiro atoms. The van der Waals surface area contributed by atoms with Crippen LogP contribution in [-0.4, -0.2) is 4.98 Å². The molecule has 1 aromatic heterocycles. The maximum absolute atomic E-state index is 4.87. The lowest BCUT2D eigenvalue weighted by Gasteiger charge is -2.39. The van der Waals surface area contributed by atoms with Crippen molar-refractivity contribution in [2.75, 3.05) is 0 Å². The number of nitrogens with zero attached hydrogens (tertiary/aromatic N) is 1. The Kier molecular flexibility index (Phi) is 3.47. The van der Waals surface area contributed by atoms with Crippen molar-refractivity contribution in [2.45, 2.75) is 26.5 Å². The molecule has 4 aromatic rings. The van der Waals surface area contributed by atoms with Gasteiger partial charge in [0.05, 0.1) is 5.69 Å². The van der Waals surface area contributed by atoms with Crippen molar-refractivity contribution in [2.24, 2.45) is 0 Å². The Balaban J connectivity index is 1.99. The summed E-state index contributed by atoms with van der Waals surface area (Å²) in [5, 5.41) is 0. The quantitative estimate of drug-likeness (QED) is 0.343. The Morgan fingerprint density at radius 3 is 1.88 bits per heavy atom. The lowest BCUT2D eigenvalue weighted by atomic mass is 10.1. The molecule has 0 bridgehead atoms. The molecular weight excluding hydrogens is 334 g/mol.